The zero-order valence-electron chi connectivity index (χ0n) is 16.5. The van der Waals surface area contributed by atoms with Crippen LogP contribution in [0, 0.1) is 20.8 Å². The second-order valence-corrected chi connectivity index (χ2v) is 9.11. The lowest BCUT2D eigenvalue weighted by Crippen LogP contribution is -2.23. The summed E-state index contributed by atoms with van der Waals surface area (Å²) >= 11 is 5.07. The van der Waals surface area contributed by atoms with Crippen LogP contribution in [0.4, 0.5) is 5.69 Å². The fraction of sp³-hybridized carbons (Fsp3) is 0.273. The highest BCUT2D eigenvalue weighted by atomic mass is 79.9. The van der Waals surface area contributed by atoms with Crippen LogP contribution < -0.4 is 5.32 Å². The van der Waals surface area contributed by atoms with E-state index in [1.54, 1.807) is 11.8 Å². The summed E-state index contributed by atoms with van der Waals surface area (Å²) in [6.07, 6.45) is 0. The van der Waals surface area contributed by atoms with Gasteiger partial charge in [0, 0.05) is 10.2 Å². The van der Waals surface area contributed by atoms with Gasteiger partial charge in [-0.05, 0) is 57.5 Å². The van der Waals surface area contributed by atoms with Gasteiger partial charge in [0.2, 0.25) is 5.91 Å². The van der Waals surface area contributed by atoms with Gasteiger partial charge < -0.3 is 5.32 Å². The van der Waals surface area contributed by atoms with Crippen LogP contribution in [0.5, 0.6) is 0 Å². The molecule has 4 nitrogen and oxygen atoms in total. The molecule has 146 valence electrons. The zero-order valence-corrected chi connectivity index (χ0v) is 18.9. The first kappa shape index (κ1) is 20.7. The van der Waals surface area contributed by atoms with Crippen molar-refractivity contribution in [3.8, 4) is 5.69 Å². The van der Waals surface area contributed by atoms with E-state index in [2.05, 4.69) is 57.5 Å². The molecule has 0 aliphatic rings. The van der Waals surface area contributed by atoms with Crippen LogP contribution in [0.2, 0.25) is 0 Å². The molecule has 1 unspecified atom stereocenters. The van der Waals surface area contributed by atoms with Gasteiger partial charge in [0.05, 0.1) is 28.0 Å². The van der Waals surface area contributed by atoms with Crippen molar-refractivity contribution in [3.05, 3.63) is 75.5 Å². The maximum atomic E-state index is 12.7. The molecule has 0 radical (unpaired) electrons. The van der Waals surface area contributed by atoms with Crippen molar-refractivity contribution in [2.45, 2.75) is 38.7 Å². The van der Waals surface area contributed by atoms with E-state index >= 15 is 0 Å². The van der Waals surface area contributed by atoms with E-state index in [0.29, 0.717) is 0 Å². The lowest BCUT2D eigenvalue weighted by atomic mass is 10.2. The van der Waals surface area contributed by atoms with Crippen LogP contribution in [0.25, 0.3) is 5.69 Å². The standard InChI is InChI=1S/C22H24BrN3OS/c1-14-5-11-20(12-6-14)26-16(3)21(15(2)25-26)24-22(27)17(4)28-13-18-7-9-19(23)10-8-18/h5-12,17H,13H2,1-4H3,(H,24,27). The highest BCUT2D eigenvalue weighted by Gasteiger charge is 2.19. The smallest absolute Gasteiger partial charge is 0.237 e. The molecule has 0 fully saturated rings. The van der Waals surface area contributed by atoms with Gasteiger partial charge in [0.1, 0.15) is 0 Å². The number of rotatable bonds is 6. The summed E-state index contributed by atoms with van der Waals surface area (Å²) in [7, 11) is 0. The lowest BCUT2D eigenvalue weighted by Gasteiger charge is -2.13. The monoisotopic (exact) mass is 457 g/mol. The van der Waals surface area contributed by atoms with Crippen LogP contribution in [0.15, 0.2) is 53.0 Å². The van der Waals surface area contributed by atoms with E-state index < -0.39 is 0 Å². The molecule has 1 heterocycles. The van der Waals surface area contributed by atoms with E-state index in [1.807, 2.05) is 49.7 Å². The van der Waals surface area contributed by atoms with Crippen molar-refractivity contribution in [1.82, 2.24) is 9.78 Å². The van der Waals surface area contributed by atoms with Crippen LogP contribution in [-0.4, -0.2) is 20.9 Å². The first-order valence-corrected chi connectivity index (χ1v) is 11.0. The molecule has 1 N–H and O–H groups in total. The van der Waals surface area contributed by atoms with Crippen LogP contribution >= 0.6 is 27.7 Å². The fourth-order valence-electron chi connectivity index (χ4n) is 2.86. The number of aryl methyl sites for hydroxylation is 2. The largest absolute Gasteiger partial charge is 0.322 e. The number of hydrogen-bond acceptors (Lipinski definition) is 3. The van der Waals surface area contributed by atoms with Crippen molar-refractivity contribution >= 4 is 39.3 Å². The van der Waals surface area contributed by atoms with E-state index in [1.165, 1.54) is 11.1 Å². The Morgan fingerprint density at radius 3 is 2.39 bits per heavy atom. The molecule has 0 aliphatic carbocycles. The Balaban J connectivity index is 1.67. The Hall–Kier alpha value is -2.05. The number of anilines is 1. The van der Waals surface area contributed by atoms with Gasteiger partial charge in [0.25, 0.3) is 0 Å². The molecule has 0 saturated heterocycles. The van der Waals surface area contributed by atoms with Crippen molar-refractivity contribution in [2.24, 2.45) is 0 Å². The SMILES string of the molecule is Cc1ccc(-n2nc(C)c(NC(=O)C(C)SCc3ccc(Br)cc3)c2C)cc1. The minimum atomic E-state index is -0.162. The van der Waals surface area contributed by atoms with Crippen molar-refractivity contribution in [1.29, 1.82) is 0 Å². The van der Waals surface area contributed by atoms with E-state index in [-0.39, 0.29) is 11.2 Å². The number of benzene rings is 2. The van der Waals surface area contributed by atoms with Crippen LogP contribution in [0.1, 0.15) is 29.4 Å². The minimum absolute atomic E-state index is 0.00299. The quantitative estimate of drug-likeness (QED) is 0.506. The number of carbonyl (C=O) groups is 1. The molecule has 0 spiro atoms. The third-order valence-electron chi connectivity index (χ3n) is 4.60. The second-order valence-electron chi connectivity index (χ2n) is 6.86. The first-order chi connectivity index (χ1) is 13.3. The second kappa shape index (κ2) is 8.97. The zero-order chi connectivity index (χ0) is 20.3. The Morgan fingerprint density at radius 2 is 1.75 bits per heavy atom. The number of nitrogens with zero attached hydrogens (tertiary/aromatic N) is 2. The van der Waals surface area contributed by atoms with E-state index in [4.69, 9.17) is 0 Å². The van der Waals surface area contributed by atoms with Gasteiger partial charge in [-0.2, -0.15) is 5.10 Å². The Kier molecular flexibility index (Phi) is 6.62. The van der Waals surface area contributed by atoms with Gasteiger partial charge in [-0.3, -0.25) is 4.79 Å². The van der Waals surface area contributed by atoms with Crippen molar-refractivity contribution in [2.75, 3.05) is 5.32 Å². The number of carbonyl (C=O) groups excluding carboxylic acids is 1. The Labute approximate surface area is 178 Å². The Bertz CT molecular complexity index is 965. The van der Waals surface area contributed by atoms with Crippen LogP contribution in [0.3, 0.4) is 0 Å². The minimum Gasteiger partial charge on any atom is -0.322 e. The predicted molar refractivity (Wildman–Crippen MR) is 121 cm³/mol. The average molecular weight is 458 g/mol. The molecule has 1 atom stereocenters. The molecule has 1 amide bonds. The van der Waals surface area contributed by atoms with Crippen molar-refractivity contribution < 1.29 is 4.79 Å². The lowest BCUT2D eigenvalue weighted by molar-refractivity contribution is -0.115. The molecule has 3 rings (SSSR count). The Morgan fingerprint density at radius 1 is 1.11 bits per heavy atom. The molecular weight excluding hydrogens is 434 g/mol. The van der Waals surface area contributed by atoms with Gasteiger partial charge >= 0.3 is 0 Å². The molecule has 2 aromatic carbocycles. The molecule has 0 aliphatic heterocycles. The van der Waals surface area contributed by atoms with E-state index in [0.717, 1.165) is 33.0 Å². The number of nitrogens with one attached hydrogen (secondary N) is 1. The molecule has 6 heteroatoms. The summed E-state index contributed by atoms with van der Waals surface area (Å²) in [6.45, 7) is 7.90. The van der Waals surface area contributed by atoms with Crippen molar-refractivity contribution in [3.63, 3.8) is 0 Å². The van der Waals surface area contributed by atoms with Gasteiger partial charge in [-0.25, -0.2) is 4.68 Å². The summed E-state index contributed by atoms with van der Waals surface area (Å²) < 4.78 is 2.94. The van der Waals surface area contributed by atoms with Gasteiger partial charge in [-0.15, -0.1) is 11.8 Å². The molecule has 1 aromatic heterocycles. The average Bonchev–Trinajstić information content (AvgIpc) is 2.96. The fourth-order valence-corrected chi connectivity index (χ4v) is 3.97. The number of amides is 1. The maximum Gasteiger partial charge on any atom is 0.237 e. The predicted octanol–water partition coefficient (Wildman–Crippen LogP) is 5.82. The summed E-state index contributed by atoms with van der Waals surface area (Å²) in [6, 6.07) is 16.4. The first-order valence-electron chi connectivity index (χ1n) is 9.15. The topological polar surface area (TPSA) is 46.9 Å². The maximum absolute atomic E-state index is 12.7. The number of hydrogen-bond donors (Lipinski definition) is 1. The number of halogens is 1. The molecule has 0 bridgehead atoms. The molecular formula is C22H24BrN3OS. The summed E-state index contributed by atoms with van der Waals surface area (Å²) in [4.78, 5) is 12.7. The number of aromatic nitrogens is 2. The summed E-state index contributed by atoms with van der Waals surface area (Å²) in [5, 5.41) is 7.53. The van der Waals surface area contributed by atoms with Crippen LogP contribution in [-0.2, 0) is 10.5 Å². The normalized spacial score (nSPS) is 12.0. The summed E-state index contributed by atoms with van der Waals surface area (Å²) in [5.41, 5.74) is 5.94. The highest BCUT2D eigenvalue weighted by molar-refractivity contribution is 9.10. The highest BCUT2D eigenvalue weighted by Crippen LogP contribution is 2.25. The third-order valence-corrected chi connectivity index (χ3v) is 6.34. The summed E-state index contributed by atoms with van der Waals surface area (Å²) in [5.74, 6) is 0.791. The number of thioether (sulfide) groups is 1. The van der Waals surface area contributed by atoms with E-state index in [9.17, 15) is 4.79 Å². The van der Waals surface area contributed by atoms with Gasteiger partial charge in [-0.1, -0.05) is 45.8 Å². The molecule has 0 saturated carbocycles. The molecule has 3 aromatic rings. The third kappa shape index (κ3) is 4.86. The van der Waals surface area contributed by atoms with Gasteiger partial charge in [0.15, 0.2) is 0 Å². The molecule has 28 heavy (non-hydrogen) atoms.